The summed E-state index contributed by atoms with van der Waals surface area (Å²) in [6.07, 6.45) is 1.25. The molecule has 4 nitrogen and oxygen atoms in total. The van der Waals surface area contributed by atoms with Crippen molar-refractivity contribution in [3.05, 3.63) is 35.9 Å². The first-order valence-corrected chi connectivity index (χ1v) is 9.25. The highest BCUT2D eigenvalue weighted by atomic mass is 32.2. The summed E-state index contributed by atoms with van der Waals surface area (Å²) in [6.45, 7) is 5.66. The third-order valence-corrected chi connectivity index (χ3v) is 5.13. The topological polar surface area (TPSA) is 54.5 Å². The monoisotopic (exact) mass is 309 g/mol. The fraction of sp³-hybridized carbons (Fsp3) is 0.562. The summed E-state index contributed by atoms with van der Waals surface area (Å²) in [6, 6.07) is 10.2. The number of rotatable bonds is 4. The molecule has 21 heavy (non-hydrogen) atoms. The summed E-state index contributed by atoms with van der Waals surface area (Å²) in [5, 5.41) is 0. The van der Waals surface area contributed by atoms with E-state index in [1.54, 1.807) is 0 Å². The lowest BCUT2D eigenvalue weighted by molar-refractivity contribution is -0.130. The van der Waals surface area contributed by atoms with Crippen LogP contribution >= 0.6 is 0 Å². The van der Waals surface area contributed by atoms with Crippen molar-refractivity contribution in [2.45, 2.75) is 26.2 Å². The molecule has 0 saturated carbocycles. The summed E-state index contributed by atoms with van der Waals surface area (Å²) < 4.78 is 22.4. The van der Waals surface area contributed by atoms with Crippen LogP contribution in [0.5, 0.6) is 0 Å². The highest BCUT2D eigenvalue weighted by Gasteiger charge is 2.41. The van der Waals surface area contributed by atoms with Crippen molar-refractivity contribution in [2.24, 2.45) is 5.41 Å². The zero-order valence-electron chi connectivity index (χ0n) is 12.9. The summed E-state index contributed by atoms with van der Waals surface area (Å²) in [7, 11) is -3.09. The van der Waals surface area contributed by atoms with Gasteiger partial charge in [-0.3, -0.25) is 4.79 Å². The zero-order chi connectivity index (χ0) is 15.7. The lowest BCUT2D eigenvalue weighted by Crippen LogP contribution is -2.31. The van der Waals surface area contributed by atoms with Crippen LogP contribution in [0.4, 0.5) is 0 Å². The van der Waals surface area contributed by atoms with Crippen molar-refractivity contribution in [2.75, 3.05) is 25.1 Å². The first kappa shape index (κ1) is 16.0. The molecule has 0 radical (unpaired) electrons. The van der Waals surface area contributed by atoms with Crippen LogP contribution < -0.4 is 0 Å². The second-order valence-corrected chi connectivity index (χ2v) is 8.87. The van der Waals surface area contributed by atoms with Crippen molar-refractivity contribution in [3.8, 4) is 0 Å². The van der Waals surface area contributed by atoms with E-state index in [-0.39, 0.29) is 23.5 Å². The first-order chi connectivity index (χ1) is 9.69. The number of carbonyl (C=O) groups is 1. The molecule has 0 spiro atoms. The van der Waals surface area contributed by atoms with Crippen LogP contribution in [0.1, 0.15) is 31.7 Å². The van der Waals surface area contributed by atoms with Crippen LogP contribution in [0.15, 0.2) is 30.3 Å². The lowest BCUT2D eigenvalue weighted by Gasteiger charge is -2.25. The second-order valence-electron chi connectivity index (χ2n) is 6.61. The standard InChI is InChI=1S/C16H23NO3S/c1-16(2)12-17(15(18)9-10-21(3,19)20)11-14(16)13-7-5-4-6-8-13/h4-8,14H,9-12H2,1-3H3/t14-/m0/s1. The molecule has 0 aliphatic carbocycles. The van der Waals surface area contributed by atoms with Crippen LogP contribution in [0, 0.1) is 5.41 Å². The highest BCUT2D eigenvalue weighted by molar-refractivity contribution is 7.90. The van der Waals surface area contributed by atoms with E-state index in [9.17, 15) is 13.2 Å². The van der Waals surface area contributed by atoms with Crippen LogP contribution in [-0.2, 0) is 14.6 Å². The number of hydrogen-bond donors (Lipinski definition) is 0. The average molecular weight is 309 g/mol. The molecule has 1 fully saturated rings. The fourth-order valence-electron chi connectivity index (χ4n) is 3.00. The quantitative estimate of drug-likeness (QED) is 0.855. The number of sulfone groups is 1. The molecule has 0 bridgehead atoms. The van der Waals surface area contributed by atoms with Gasteiger partial charge in [0.15, 0.2) is 0 Å². The van der Waals surface area contributed by atoms with E-state index in [0.29, 0.717) is 19.0 Å². The fourth-order valence-corrected chi connectivity index (χ4v) is 3.54. The molecule has 1 amide bonds. The van der Waals surface area contributed by atoms with Gasteiger partial charge < -0.3 is 4.90 Å². The molecule has 1 aliphatic heterocycles. The third-order valence-electron chi connectivity index (χ3n) is 4.19. The minimum atomic E-state index is -3.09. The van der Waals surface area contributed by atoms with E-state index in [2.05, 4.69) is 26.0 Å². The summed E-state index contributed by atoms with van der Waals surface area (Å²) in [5.41, 5.74) is 1.24. The smallest absolute Gasteiger partial charge is 0.223 e. The van der Waals surface area contributed by atoms with Gasteiger partial charge in [-0.2, -0.15) is 0 Å². The van der Waals surface area contributed by atoms with Crippen LogP contribution in [0.3, 0.4) is 0 Å². The van der Waals surface area contributed by atoms with Gasteiger partial charge in [0.25, 0.3) is 0 Å². The Labute approximate surface area is 127 Å². The molecule has 0 N–H and O–H groups in total. The predicted octanol–water partition coefficient (Wildman–Crippen LogP) is 2.07. The van der Waals surface area contributed by atoms with Crippen molar-refractivity contribution < 1.29 is 13.2 Å². The van der Waals surface area contributed by atoms with Gasteiger partial charge in [-0.15, -0.1) is 0 Å². The van der Waals surface area contributed by atoms with E-state index >= 15 is 0 Å². The molecule has 116 valence electrons. The van der Waals surface area contributed by atoms with Gasteiger partial charge in [0.05, 0.1) is 5.75 Å². The molecule has 1 saturated heterocycles. The lowest BCUT2D eigenvalue weighted by atomic mass is 9.78. The molecule has 2 rings (SSSR count). The average Bonchev–Trinajstić information content (AvgIpc) is 2.72. The summed E-state index contributed by atoms with van der Waals surface area (Å²) >= 11 is 0. The maximum atomic E-state index is 12.2. The highest BCUT2D eigenvalue weighted by Crippen LogP contribution is 2.42. The number of benzene rings is 1. The summed E-state index contributed by atoms with van der Waals surface area (Å²) in [4.78, 5) is 14.0. The van der Waals surface area contributed by atoms with Gasteiger partial charge in [0, 0.05) is 31.7 Å². The maximum absolute atomic E-state index is 12.2. The van der Waals surface area contributed by atoms with E-state index in [4.69, 9.17) is 0 Å². The molecule has 1 aromatic carbocycles. The Balaban J connectivity index is 2.07. The Kier molecular flexibility index (Phi) is 4.42. The Morgan fingerprint density at radius 1 is 1.29 bits per heavy atom. The summed E-state index contributed by atoms with van der Waals surface area (Å²) in [5.74, 6) is 0.159. The number of nitrogens with zero attached hydrogens (tertiary/aromatic N) is 1. The molecule has 1 aromatic rings. The van der Waals surface area contributed by atoms with E-state index in [1.807, 2.05) is 23.1 Å². The van der Waals surface area contributed by atoms with Crippen LogP contribution in [0.25, 0.3) is 0 Å². The van der Waals surface area contributed by atoms with Crippen molar-refractivity contribution >= 4 is 15.7 Å². The Hall–Kier alpha value is -1.36. The minimum absolute atomic E-state index is 0.00209. The van der Waals surface area contributed by atoms with Gasteiger partial charge in [0.2, 0.25) is 5.91 Å². The largest absolute Gasteiger partial charge is 0.341 e. The van der Waals surface area contributed by atoms with Crippen LogP contribution in [0.2, 0.25) is 0 Å². The predicted molar refractivity (Wildman–Crippen MR) is 83.9 cm³/mol. The van der Waals surface area contributed by atoms with E-state index in [0.717, 1.165) is 0 Å². The van der Waals surface area contributed by atoms with Gasteiger partial charge in [0.1, 0.15) is 9.84 Å². The number of amides is 1. The number of likely N-dealkylation sites (tertiary alicyclic amines) is 1. The molecule has 0 aromatic heterocycles. The molecule has 1 heterocycles. The second kappa shape index (κ2) is 5.79. The number of hydrogen-bond acceptors (Lipinski definition) is 3. The van der Waals surface area contributed by atoms with E-state index in [1.165, 1.54) is 11.8 Å². The van der Waals surface area contributed by atoms with Crippen LogP contribution in [-0.4, -0.2) is 44.3 Å². The van der Waals surface area contributed by atoms with Gasteiger partial charge in [-0.25, -0.2) is 8.42 Å². The molecule has 1 aliphatic rings. The molecular formula is C16H23NO3S. The Bertz CT molecular complexity index is 608. The van der Waals surface area contributed by atoms with Gasteiger partial charge >= 0.3 is 0 Å². The third kappa shape index (κ3) is 4.06. The van der Waals surface area contributed by atoms with Crippen molar-refractivity contribution in [1.82, 2.24) is 4.90 Å². The first-order valence-electron chi connectivity index (χ1n) is 7.19. The molecule has 5 heteroatoms. The van der Waals surface area contributed by atoms with Gasteiger partial charge in [-0.05, 0) is 11.0 Å². The molecular weight excluding hydrogens is 286 g/mol. The Morgan fingerprint density at radius 2 is 1.90 bits per heavy atom. The van der Waals surface area contributed by atoms with Crippen molar-refractivity contribution in [1.29, 1.82) is 0 Å². The normalized spacial score (nSPS) is 21.5. The van der Waals surface area contributed by atoms with Crippen molar-refractivity contribution in [3.63, 3.8) is 0 Å². The minimum Gasteiger partial charge on any atom is -0.341 e. The Morgan fingerprint density at radius 3 is 2.48 bits per heavy atom. The van der Waals surface area contributed by atoms with E-state index < -0.39 is 9.84 Å². The number of carbonyl (C=O) groups excluding carboxylic acids is 1. The molecule has 1 atom stereocenters. The molecule has 0 unspecified atom stereocenters. The van der Waals surface area contributed by atoms with Gasteiger partial charge in [-0.1, -0.05) is 44.2 Å². The SMILES string of the molecule is CC1(C)CN(C(=O)CCS(C)(=O)=O)C[C@H]1c1ccccc1. The zero-order valence-corrected chi connectivity index (χ0v) is 13.7. The maximum Gasteiger partial charge on any atom is 0.223 e.